The number of carboxylic acids is 1. The SMILES string of the molecule is Cc1ccc(Nc2nc3ccccn3c2C(=O)O)c(F)c1. The molecule has 6 heteroatoms. The lowest BCUT2D eigenvalue weighted by Gasteiger charge is -2.06. The van der Waals surface area contributed by atoms with Crippen molar-refractivity contribution in [3.8, 4) is 0 Å². The van der Waals surface area contributed by atoms with Gasteiger partial charge in [0.05, 0.1) is 5.69 Å². The normalized spacial score (nSPS) is 10.8. The van der Waals surface area contributed by atoms with Gasteiger partial charge in [-0.1, -0.05) is 12.1 Å². The van der Waals surface area contributed by atoms with Gasteiger partial charge in [0.15, 0.2) is 11.5 Å². The van der Waals surface area contributed by atoms with Gasteiger partial charge in [-0.05, 0) is 36.8 Å². The first-order valence-corrected chi connectivity index (χ1v) is 6.30. The molecule has 0 aliphatic carbocycles. The van der Waals surface area contributed by atoms with Gasteiger partial charge in [-0.15, -0.1) is 0 Å². The summed E-state index contributed by atoms with van der Waals surface area (Å²) >= 11 is 0. The van der Waals surface area contributed by atoms with Crippen LogP contribution < -0.4 is 5.32 Å². The molecule has 0 unspecified atom stereocenters. The average molecular weight is 285 g/mol. The standard InChI is InChI=1S/C15H12FN3O2/c1-9-5-6-11(10(16)8-9)17-14-13(15(20)21)19-7-3-2-4-12(19)18-14/h2-8,17H,1H3,(H,20,21). The van der Waals surface area contributed by atoms with Crippen molar-refractivity contribution in [2.75, 3.05) is 5.32 Å². The molecule has 0 bridgehead atoms. The van der Waals surface area contributed by atoms with Gasteiger partial charge in [-0.3, -0.25) is 4.40 Å². The van der Waals surface area contributed by atoms with Crippen molar-refractivity contribution in [1.29, 1.82) is 0 Å². The first-order valence-electron chi connectivity index (χ1n) is 6.30. The second-order valence-corrected chi connectivity index (χ2v) is 4.65. The number of pyridine rings is 1. The van der Waals surface area contributed by atoms with Crippen LogP contribution in [-0.2, 0) is 0 Å². The van der Waals surface area contributed by atoms with Crippen molar-refractivity contribution in [3.05, 3.63) is 59.7 Å². The molecule has 106 valence electrons. The number of hydrogen-bond donors (Lipinski definition) is 2. The fourth-order valence-corrected chi connectivity index (χ4v) is 2.14. The predicted octanol–water partition coefficient (Wildman–Crippen LogP) is 3.22. The van der Waals surface area contributed by atoms with E-state index in [9.17, 15) is 14.3 Å². The number of nitrogens with zero attached hydrogens (tertiary/aromatic N) is 2. The maximum absolute atomic E-state index is 13.9. The molecule has 0 radical (unpaired) electrons. The molecule has 0 spiro atoms. The van der Waals surface area contributed by atoms with Crippen molar-refractivity contribution >= 4 is 23.1 Å². The molecule has 0 atom stereocenters. The number of fused-ring (bicyclic) bond motifs is 1. The highest BCUT2D eigenvalue weighted by atomic mass is 19.1. The van der Waals surface area contributed by atoms with Crippen LogP contribution in [0, 0.1) is 12.7 Å². The monoisotopic (exact) mass is 285 g/mol. The summed E-state index contributed by atoms with van der Waals surface area (Å²) in [5.41, 5.74) is 1.41. The van der Waals surface area contributed by atoms with E-state index >= 15 is 0 Å². The van der Waals surface area contributed by atoms with Crippen LogP contribution >= 0.6 is 0 Å². The van der Waals surface area contributed by atoms with Crippen LogP contribution in [0.15, 0.2) is 42.6 Å². The highest BCUT2D eigenvalue weighted by molar-refractivity contribution is 5.93. The zero-order chi connectivity index (χ0) is 15.0. The molecule has 0 saturated carbocycles. The summed E-state index contributed by atoms with van der Waals surface area (Å²) in [7, 11) is 0. The zero-order valence-corrected chi connectivity index (χ0v) is 11.2. The van der Waals surface area contributed by atoms with Crippen LogP contribution in [0.1, 0.15) is 16.1 Å². The third kappa shape index (κ3) is 2.31. The number of aromatic nitrogens is 2. The maximum atomic E-state index is 13.9. The summed E-state index contributed by atoms with van der Waals surface area (Å²) in [6.07, 6.45) is 1.60. The Morgan fingerprint density at radius 3 is 2.86 bits per heavy atom. The number of benzene rings is 1. The Labute approximate surface area is 119 Å². The van der Waals surface area contributed by atoms with Crippen molar-refractivity contribution in [1.82, 2.24) is 9.38 Å². The van der Waals surface area contributed by atoms with Gasteiger partial charge in [0.25, 0.3) is 0 Å². The minimum atomic E-state index is -1.14. The van der Waals surface area contributed by atoms with E-state index in [2.05, 4.69) is 10.3 Å². The third-order valence-electron chi connectivity index (χ3n) is 3.11. The summed E-state index contributed by atoms with van der Waals surface area (Å²) in [5, 5.41) is 12.1. The van der Waals surface area contributed by atoms with Gasteiger partial charge < -0.3 is 10.4 Å². The summed E-state index contributed by atoms with van der Waals surface area (Å²) in [5.74, 6) is -1.48. The molecular formula is C15H12FN3O2. The number of carbonyl (C=O) groups is 1. The Balaban J connectivity index is 2.12. The molecule has 0 aliphatic heterocycles. The third-order valence-corrected chi connectivity index (χ3v) is 3.11. The molecule has 2 aromatic heterocycles. The van der Waals surface area contributed by atoms with Crippen LogP contribution in [-0.4, -0.2) is 20.5 Å². The van der Waals surface area contributed by atoms with E-state index in [0.717, 1.165) is 5.56 Å². The lowest BCUT2D eigenvalue weighted by atomic mass is 10.2. The van der Waals surface area contributed by atoms with Crippen molar-refractivity contribution in [3.63, 3.8) is 0 Å². The molecule has 0 saturated heterocycles. The molecule has 3 rings (SSSR count). The van der Waals surface area contributed by atoms with Crippen LogP contribution in [0.5, 0.6) is 0 Å². The van der Waals surface area contributed by atoms with Crippen LogP contribution in [0.2, 0.25) is 0 Å². The lowest BCUT2D eigenvalue weighted by molar-refractivity contribution is 0.0690. The van der Waals surface area contributed by atoms with E-state index in [-0.39, 0.29) is 17.2 Å². The van der Waals surface area contributed by atoms with Crippen molar-refractivity contribution < 1.29 is 14.3 Å². The van der Waals surface area contributed by atoms with E-state index in [1.807, 2.05) is 0 Å². The fourth-order valence-electron chi connectivity index (χ4n) is 2.14. The lowest BCUT2D eigenvalue weighted by Crippen LogP contribution is -2.06. The van der Waals surface area contributed by atoms with Crippen molar-refractivity contribution in [2.24, 2.45) is 0 Å². The number of rotatable bonds is 3. The minimum absolute atomic E-state index is 0.0365. The Bertz CT molecular complexity index is 842. The molecule has 2 heterocycles. The molecule has 3 aromatic rings. The van der Waals surface area contributed by atoms with E-state index < -0.39 is 11.8 Å². The molecule has 0 fully saturated rings. The second-order valence-electron chi connectivity index (χ2n) is 4.65. The number of carboxylic acid groups (broad SMARTS) is 1. The quantitative estimate of drug-likeness (QED) is 0.775. The Hall–Kier alpha value is -2.89. The van der Waals surface area contributed by atoms with E-state index in [1.54, 1.807) is 43.5 Å². The van der Waals surface area contributed by atoms with Gasteiger partial charge in [-0.25, -0.2) is 14.2 Å². The first kappa shape index (κ1) is 13.1. The number of anilines is 2. The Morgan fingerprint density at radius 1 is 1.33 bits per heavy atom. The van der Waals surface area contributed by atoms with Gasteiger partial charge in [0, 0.05) is 6.20 Å². The molecule has 21 heavy (non-hydrogen) atoms. The number of hydrogen-bond acceptors (Lipinski definition) is 3. The van der Waals surface area contributed by atoms with E-state index in [1.165, 1.54) is 10.5 Å². The topological polar surface area (TPSA) is 66.6 Å². The summed E-state index contributed by atoms with van der Waals surface area (Å²) in [6.45, 7) is 1.78. The van der Waals surface area contributed by atoms with Crippen LogP contribution in [0.25, 0.3) is 5.65 Å². The highest BCUT2D eigenvalue weighted by Gasteiger charge is 2.19. The van der Waals surface area contributed by atoms with E-state index in [4.69, 9.17) is 0 Å². The average Bonchev–Trinajstić information content (AvgIpc) is 2.80. The largest absolute Gasteiger partial charge is 0.476 e. The smallest absolute Gasteiger partial charge is 0.356 e. The fraction of sp³-hybridized carbons (Fsp3) is 0.0667. The van der Waals surface area contributed by atoms with Gasteiger partial charge >= 0.3 is 5.97 Å². The number of halogens is 1. The summed E-state index contributed by atoms with van der Waals surface area (Å²) < 4.78 is 15.3. The summed E-state index contributed by atoms with van der Waals surface area (Å²) in [4.78, 5) is 15.6. The number of imidazole rings is 1. The zero-order valence-electron chi connectivity index (χ0n) is 11.2. The second kappa shape index (κ2) is 4.90. The van der Waals surface area contributed by atoms with Gasteiger partial charge in [-0.2, -0.15) is 0 Å². The van der Waals surface area contributed by atoms with Crippen LogP contribution in [0.3, 0.4) is 0 Å². The molecule has 0 amide bonds. The van der Waals surface area contributed by atoms with Gasteiger partial charge in [0.2, 0.25) is 0 Å². The highest BCUT2D eigenvalue weighted by Crippen LogP contribution is 2.24. The first-order chi connectivity index (χ1) is 10.1. The molecule has 2 N–H and O–H groups in total. The Kier molecular flexibility index (Phi) is 3.06. The summed E-state index contributed by atoms with van der Waals surface area (Å²) in [6, 6.07) is 9.81. The molecule has 1 aromatic carbocycles. The van der Waals surface area contributed by atoms with Crippen LogP contribution in [0.4, 0.5) is 15.9 Å². The van der Waals surface area contributed by atoms with Gasteiger partial charge in [0.1, 0.15) is 11.5 Å². The Morgan fingerprint density at radius 2 is 2.14 bits per heavy atom. The number of aromatic carboxylic acids is 1. The van der Waals surface area contributed by atoms with E-state index in [0.29, 0.717) is 5.65 Å². The number of aryl methyl sites for hydroxylation is 1. The predicted molar refractivity (Wildman–Crippen MR) is 76.6 cm³/mol. The van der Waals surface area contributed by atoms with Crippen molar-refractivity contribution in [2.45, 2.75) is 6.92 Å². The number of nitrogens with one attached hydrogen (secondary N) is 1. The maximum Gasteiger partial charge on any atom is 0.356 e. The molecule has 5 nitrogen and oxygen atoms in total. The molecular weight excluding hydrogens is 273 g/mol. The molecule has 0 aliphatic rings. The minimum Gasteiger partial charge on any atom is -0.476 e.